The highest BCUT2D eigenvalue weighted by molar-refractivity contribution is 7.99. The number of aryl methyl sites for hydroxylation is 1. The molecule has 38 heavy (non-hydrogen) atoms. The zero-order chi connectivity index (χ0) is 28.0. The molecule has 0 aliphatic heterocycles. The van der Waals surface area contributed by atoms with Crippen molar-refractivity contribution in [3.63, 3.8) is 0 Å². The van der Waals surface area contributed by atoms with Gasteiger partial charge in [-0.05, 0) is 41.5 Å². The summed E-state index contributed by atoms with van der Waals surface area (Å²) in [6.45, 7) is 9.32. The van der Waals surface area contributed by atoms with Crippen LogP contribution in [0, 0.1) is 39.7 Å². The molecule has 2 saturated carbocycles. The second-order valence-corrected chi connectivity index (χ2v) is 13.4. The monoisotopic (exact) mass is 535 g/mol. The molecule has 2 aromatic carbocycles. The first-order chi connectivity index (χ1) is 17.7. The Balaban J connectivity index is 1.82. The highest BCUT2D eigenvalue weighted by atomic mass is 32.2. The maximum atomic E-state index is 13.4. The predicted octanol–water partition coefficient (Wildman–Crippen LogP) is 6.29. The quantitative estimate of drug-likeness (QED) is 0.243. The summed E-state index contributed by atoms with van der Waals surface area (Å²) >= 11 is 1.24. The van der Waals surface area contributed by atoms with Gasteiger partial charge in [-0.1, -0.05) is 63.2 Å². The zero-order valence-corrected chi connectivity index (χ0v) is 23.2. The van der Waals surface area contributed by atoms with Crippen LogP contribution < -0.4 is 0 Å². The van der Waals surface area contributed by atoms with E-state index in [2.05, 4.69) is 0 Å². The van der Waals surface area contributed by atoms with Gasteiger partial charge in [-0.25, -0.2) is 0 Å². The molecule has 0 amide bonds. The first-order valence-corrected chi connectivity index (χ1v) is 13.6. The molecule has 4 rings (SSSR count). The third-order valence-corrected chi connectivity index (χ3v) is 8.60. The van der Waals surface area contributed by atoms with Gasteiger partial charge in [0.05, 0.1) is 21.7 Å². The Morgan fingerprint density at radius 2 is 1.24 bits per heavy atom. The number of ketones is 4. The molecule has 0 heterocycles. The molecule has 0 saturated heterocycles. The maximum absolute atomic E-state index is 13.4. The van der Waals surface area contributed by atoms with Gasteiger partial charge in [0, 0.05) is 42.6 Å². The molecule has 0 atom stereocenters. The highest BCUT2D eigenvalue weighted by Crippen LogP contribution is 2.48. The first-order valence-electron chi connectivity index (χ1n) is 12.8. The van der Waals surface area contributed by atoms with Crippen LogP contribution in [0.3, 0.4) is 0 Å². The average Bonchev–Trinajstić information content (AvgIpc) is 2.77. The van der Waals surface area contributed by atoms with Gasteiger partial charge < -0.3 is 0 Å². The SMILES string of the molecule is Cc1ccc(Sc2ccc(C(C3C(=O)CC(C)(C)CC3=O)C3C(=O)CC(C)(C)CC3=O)cc2[N+](=O)[O-])cc1. The summed E-state index contributed by atoms with van der Waals surface area (Å²) in [6, 6.07) is 12.2. The fourth-order valence-corrected chi connectivity index (χ4v) is 6.79. The highest BCUT2D eigenvalue weighted by Gasteiger charge is 2.52. The van der Waals surface area contributed by atoms with Gasteiger partial charge in [0.2, 0.25) is 0 Å². The predicted molar refractivity (Wildman–Crippen MR) is 144 cm³/mol. The minimum atomic E-state index is -1.18. The van der Waals surface area contributed by atoms with E-state index in [-0.39, 0.29) is 54.5 Å². The number of carbonyl (C=O) groups is 4. The Hall–Kier alpha value is -3.13. The van der Waals surface area contributed by atoms with Gasteiger partial charge >= 0.3 is 0 Å². The second kappa shape index (κ2) is 10.2. The Morgan fingerprint density at radius 1 is 0.789 bits per heavy atom. The van der Waals surface area contributed by atoms with Crippen LogP contribution in [0.5, 0.6) is 0 Å². The summed E-state index contributed by atoms with van der Waals surface area (Å²) < 4.78 is 0. The minimum Gasteiger partial charge on any atom is -0.299 e. The average molecular weight is 536 g/mol. The van der Waals surface area contributed by atoms with Crippen LogP contribution >= 0.6 is 11.8 Å². The fourth-order valence-electron chi connectivity index (χ4n) is 5.89. The van der Waals surface area contributed by atoms with Gasteiger partial charge in [-0.2, -0.15) is 0 Å². The molecule has 2 aliphatic rings. The van der Waals surface area contributed by atoms with Crippen LogP contribution in [-0.2, 0) is 19.2 Å². The Labute approximate surface area is 226 Å². The van der Waals surface area contributed by atoms with Crippen LogP contribution in [0.25, 0.3) is 0 Å². The summed E-state index contributed by atoms with van der Waals surface area (Å²) in [4.78, 5) is 66.4. The number of nitro groups is 1. The van der Waals surface area contributed by atoms with E-state index >= 15 is 0 Å². The van der Waals surface area contributed by atoms with E-state index in [1.165, 1.54) is 17.8 Å². The standard InChI is InChI=1S/C30H33NO6S/c1-17-6-9-19(10-7-17)38-25-11-8-18(12-20(25)31(36)37)26(27-21(32)13-29(2,3)14-22(27)33)28-23(34)15-30(4,5)16-24(28)35/h6-12,26-28H,13-16H2,1-5H3. The zero-order valence-electron chi connectivity index (χ0n) is 22.4. The second-order valence-electron chi connectivity index (χ2n) is 12.3. The van der Waals surface area contributed by atoms with Crippen molar-refractivity contribution in [3.05, 3.63) is 63.7 Å². The number of Topliss-reactive ketones (excluding diaryl/α,β-unsaturated/α-hetero) is 4. The number of hydrogen-bond acceptors (Lipinski definition) is 7. The minimum absolute atomic E-state index is 0.143. The number of carbonyl (C=O) groups excluding carboxylic acids is 4. The van der Waals surface area contributed by atoms with E-state index in [9.17, 15) is 29.3 Å². The van der Waals surface area contributed by atoms with Gasteiger partial charge in [-0.3, -0.25) is 29.3 Å². The third kappa shape index (κ3) is 5.80. The lowest BCUT2D eigenvalue weighted by molar-refractivity contribution is -0.387. The van der Waals surface area contributed by atoms with E-state index in [4.69, 9.17) is 0 Å². The van der Waals surface area contributed by atoms with E-state index in [1.54, 1.807) is 12.1 Å². The molecule has 2 fully saturated rings. The number of rotatable bonds is 6. The van der Waals surface area contributed by atoms with E-state index in [0.29, 0.717) is 10.5 Å². The van der Waals surface area contributed by atoms with Crippen LogP contribution in [0.1, 0.15) is 70.4 Å². The molecule has 0 radical (unpaired) electrons. The molecule has 0 aromatic heterocycles. The van der Waals surface area contributed by atoms with Crippen molar-refractivity contribution in [2.75, 3.05) is 0 Å². The van der Waals surface area contributed by atoms with Crippen molar-refractivity contribution in [3.8, 4) is 0 Å². The van der Waals surface area contributed by atoms with Crippen molar-refractivity contribution in [1.29, 1.82) is 0 Å². The summed E-state index contributed by atoms with van der Waals surface area (Å²) in [5.41, 5.74) is 0.154. The smallest absolute Gasteiger partial charge is 0.283 e. The largest absolute Gasteiger partial charge is 0.299 e. The molecule has 0 unspecified atom stereocenters. The molecule has 200 valence electrons. The summed E-state index contributed by atoms with van der Waals surface area (Å²) in [6.07, 6.45) is 0.571. The van der Waals surface area contributed by atoms with Crippen LogP contribution in [-0.4, -0.2) is 28.1 Å². The number of hydrogen-bond donors (Lipinski definition) is 0. The first kappa shape index (κ1) is 27.9. The molecule has 7 nitrogen and oxygen atoms in total. The fraction of sp³-hybridized carbons (Fsp3) is 0.467. The molecule has 8 heteroatoms. The van der Waals surface area contributed by atoms with Crippen molar-refractivity contribution in [1.82, 2.24) is 0 Å². The Bertz CT molecular complexity index is 1240. The van der Waals surface area contributed by atoms with Crippen molar-refractivity contribution in [2.45, 2.75) is 76.0 Å². The lowest BCUT2D eigenvalue weighted by Crippen LogP contribution is -2.48. The van der Waals surface area contributed by atoms with Crippen molar-refractivity contribution >= 4 is 40.6 Å². The van der Waals surface area contributed by atoms with Crippen molar-refractivity contribution < 1.29 is 24.1 Å². The molecule has 0 bridgehead atoms. The van der Waals surface area contributed by atoms with Gasteiger partial charge in [0.1, 0.15) is 23.1 Å². The van der Waals surface area contributed by atoms with E-state index < -0.39 is 33.5 Å². The van der Waals surface area contributed by atoms with Crippen LogP contribution in [0.15, 0.2) is 52.3 Å². The lowest BCUT2D eigenvalue weighted by atomic mass is 9.59. The van der Waals surface area contributed by atoms with E-state index in [1.807, 2.05) is 58.9 Å². The maximum Gasteiger partial charge on any atom is 0.283 e. The van der Waals surface area contributed by atoms with Gasteiger partial charge in [-0.15, -0.1) is 0 Å². The lowest BCUT2D eigenvalue weighted by Gasteiger charge is -2.41. The summed E-state index contributed by atoms with van der Waals surface area (Å²) in [5.74, 6) is -4.69. The van der Waals surface area contributed by atoms with Crippen molar-refractivity contribution in [2.24, 2.45) is 22.7 Å². The van der Waals surface area contributed by atoms with Crippen LogP contribution in [0.4, 0.5) is 5.69 Å². The number of nitro benzene ring substituents is 1. The normalized spacial score (nSPS) is 20.3. The molecule has 0 N–H and O–H groups in total. The molecular formula is C30H33NO6S. The number of nitrogens with zero attached hydrogens (tertiary/aromatic N) is 1. The van der Waals surface area contributed by atoms with Gasteiger partial charge in [0.25, 0.3) is 5.69 Å². The van der Waals surface area contributed by atoms with E-state index in [0.717, 1.165) is 10.5 Å². The summed E-state index contributed by atoms with van der Waals surface area (Å²) in [5, 5.41) is 12.1. The molecule has 2 aromatic rings. The van der Waals surface area contributed by atoms with Crippen LogP contribution in [0.2, 0.25) is 0 Å². The molecule has 2 aliphatic carbocycles. The van der Waals surface area contributed by atoms with Gasteiger partial charge in [0.15, 0.2) is 0 Å². The number of benzene rings is 2. The Kier molecular flexibility index (Phi) is 7.49. The topological polar surface area (TPSA) is 111 Å². The summed E-state index contributed by atoms with van der Waals surface area (Å²) in [7, 11) is 0. The Morgan fingerprint density at radius 3 is 1.66 bits per heavy atom. The third-order valence-electron chi connectivity index (χ3n) is 7.53. The molecule has 0 spiro atoms. The molecular weight excluding hydrogens is 502 g/mol.